The van der Waals surface area contributed by atoms with Crippen LogP contribution in [-0.4, -0.2) is 37.6 Å². The molecule has 0 saturated carbocycles. The van der Waals surface area contributed by atoms with Gasteiger partial charge < -0.3 is 15.2 Å². The van der Waals surface area contributed by atoms with E-state index in [0.717, 1.165) is 0 Å². The van der Waals surface area contributed by atoms with Gasteiger partial charge in [0, 0.05) is 6.42 Å². The number of carbonyl (C=O) groups excluding carboxylic acids is 4. The van der Waals surface area contributed by atoms with Crippen molar-refractivity contribution in [2.24, 2.45) is 5.73 Å². The van der Waals surface area contributed by atoms with Gasteiger partial charge in [-0.25, -0.2) is 14.4 Å². The van der Waals surface area contributed by atoms with Crippen LogP contribution in [0, 0.1) is 0 Å². The Kier molecular flexibility index (Phi) is 8.88. The zero-order valence-electron chi connectivity index (χ0n) is 9.70. The standard InChI is InChI=1S/C7H11N3O6S4/c8-3(5(12)16-7(14)10(19)20)1-2-4(11)15-6(13)9(17)18/h3,17-20H,1-2,8H2/t3-/m0/s1. The van der Waals surface area contributed by atoms with Crippen molar-refractivity contribution in [2.45, 2.75) is 18.9 Å². The van der Waals surface area contributed by atoms with Crippen molar-refractivity contribution in [3.63, 3.8) is 0 Å². The first kappa shape index (κ1) is 19.2. The minimum absolute atomic E-state index is 0.198. The van der Waals surface area contributed by atoms with E-state index in [1.807, 2.05) is 0 Å². The van der Waals surface area contributed by atoms with Crippen LogP contribution in [0.5, 0.6) is 0 Å². The molecule has 0 unspecified atom stereocenters. The Bertz CT molecular complexity index is 404. The largest absolute Gasteiger partial charge is 0.437 e. The zero-order chi connectivity index (χ0) is 15.9. The summed E-state index contributed by atoms with van der Waals surface area (Å²) in [6, 6.07) is -1.26. The Labute approximate surface area is 136 Å². The summed E-state index contributed by atoms with van der Waals surface area (Å²) in [7, 11) is 0. The van der Waals surface area contributed by atoms with Gasteiger partial charge >= 0.3 is 24.1 Å². The molecular weight excluding hydrogens is 350 g/mol. The number of esters is 2. The number of nitrogens with two attached hydrogens (primary N) is 1. The Morgan fingerprint density at radius 2 is 1.40 bits per heavy atom. The molecule has 13 heteroatoms. The zero-order valence-corrected chi connectivity index (χ0v) is 13.3. The number of hydrogen-bond acceptors (Lipinski definition) is 11. The minimum atomic E-state index is -1.26. The molecule has 0 saturated heterocycles. The van der Waals surface area contributed by atoms with E-state index in [1.165, 1.54) is 0 Å². The number of carbonyl (C=O) groups is 4. The summed E-state index contributed by atoms with van der Waals surface area (Å²) in [5.74, 6) is -2.02. The van der Waals surface area contributed by atoms with Crippen LogP contribution >= 0.6 is 51.3 Å². The quantitative estimate of drug-likeness (QED) is 0.279. The molecule has 0 spiro atoms. The normalized spacial score (nSPS) is 11.2. The molecule has 0 aliphatic heterocycles. The van der Waals surface area contributed by atoms with Crippen molar-refractivity contribution in [3.8, 4) is 0 Å². The lowest BCUT2D eigenvalue weighted by atomic mass is 10.2. The van der Waals surface area contributed by atoms with Gasteiger partial charge in [0.25, 0.3) is 0 Å². The highest BCUT2D eigenvalue weighted by molar-refractivity contribution is 7.94. The smallest absolute Gasteiger partial charge is 0.375 e. The van der Waals surface area contributed by atoms with Crippen LogP contribution in [0.4, 0.5) is 9.59 Å². The SMILES string of the molecule is N[C@@H](CCC(=O)OC(=O)N(S)S)C(=O)OC(=O)N(S)S. The highest BCUT2D eigenvalue weighted by Crippen LogP contribution is 2.06. The first-order valence-corrected chi connectivity index (χ1v) is 6.36. The van der Waals surface area contributed by atoms with Gasteiger partial charge in [0.05, 0.1) is 0 Å². The van der Waals surface area contributed by atoms with Gasteiger partial charge in [-0.2, -0.15) is 7.42 Å². The molecule has 20 heavy (non-hydrogen) atoms. The highest BCUT2D eigenvalue weighted by atomic mass is 32.2. The third kappa shape index (κ3) is 7.74. The van der Waals surface area contributed by atoms with Crippen molar-refractivity contribution in [1.82, 2.24) is 7.42 Å². The summed E-state index contributed by atoms with van der Waals surface area (Å²) >= 11 is 13.9. The summed E-state index contributed by atoms with van der Waals surface area (Å²) in [5.41, 5.74) is 5.38. The molecule has 0 aliphatic rings. The lowest BCUT2D eigenvalue weighted by molar-refractivity contribution is -0.140. The number of amides is 2. The van der Waals surface area contributed by atoms with Gasteiger partial charge in [-0.3, -0.25) is 4.79 Å². The van der Waals surface area contributed by atoms with Crippen LogP contribution in [0.15, 0.2) is 0 Å². The topological polar surface area (TPSA) is 119 Å². The molecule has 1 atom stereocenters. The van der Waals surface area contributed by atoms with Crippen molar-refractivity contribution in [2.75, 3.05) is 0 Å². The molecule has 0 bridgehead atoms. The molecule has 0 aliphatic carbocycles. The molecule has 0 heterocycles. The van der Waals surface area contributed by atoms with E-state index in [2.05, 4.69) is 60.7 Å². The molecule has 0 aromatic carbocycles. The predicted molar refractivity (Wildman–Crippen MR) is 79.8 cm³/mol. The molecular formula is C7H11N3O6S4. The fourth-order valence-corrected chi connectivity index (χ4v) is 0.946. The highest BCUT2D eigenvalue weighted by Gasteiger charge is 2.22. The number of ether oxygens (including phenoxy) is 2. The van der Waals surface area contributed by atoms with E-state index in [1.54, 1.807) is 0 Å². The van der Waals surface area contributed by atoms with Gasteiger partial charge in [-0.15, -0.1) is 0 Å². The molecule has 2 amide bonds. The third-order valence-electron chi connectivity index (χ3n) is 1.68. The van der Waals surface area contributed by atoms with Gasteiger partial charge in [0.15, 0.2) is 0 Å². The molecule has 0 aromatic heterocycles. The fraction of sp³-hybridized carbons (Fsp3) is 0.429. The van der Waals surface area contributed by atoms with Crippen LogP contribution < -0.4 is 5.73 Å². The third-order valence-corrected chi connectivity index (χ3v) is 2.33. The van der Waals surface area contributed by atoms with Crippen LogP contribution in [0.2, 0.25) is 0 Å². The lowest BCUT2D eigenvalue weighted by Gasteiger charge is -2.12. The number of hydrogen-bond donors (Lipinski definition) is 5. The Morgan fingerprint density at radius 1 is 0.950 bits per heavy atom. The van der Waals surface area contributed by atoms with Gasteiger partial charge in [0.2, 0.25) is 0 Å². The first-order valence-electron chi connectivity index (χ1n) is 4.76. The number of thiol groups is 4. The fourth-order valence-electron chi connectivity index (χ4n) is 0.783. The van der Waals surface area contributed by atoms with E-state index < -0.39 is 30.2 Å². The second-order valence-electron chi connectivity index (χ2n) is 3.15. The average molecular weight is 361 g/mol. The Balaban J connectivity index is 4.12. The number of rotatable bonds is 4. The molecule has 0 aromatic rings. The molecule has 2 N–H and O–H groups in total. The van der Waals surface area contributed by atoms with Gasteiger partial charge in [-0.05, 0) is 57.7 Å². The monoisotopic (exact) mass is 361 g/mol. The van der Waals surface area contributed by atoms with E-state index in [0.29, 0.717) is 7.42 Å². The lowest BCUT2D eigenvalue weighted by Crippen LogP contribution is -2.35. The van der Waals surface area contributed by atoms with E-state index >= 15 is 0 Å². The van der Waals surface area contributed by atoms with Crippen molar-refractivity contribution in [3.05, 3.63) is 0 Å². The van der Waals surface area contributed by atoms with E-state index in [-0.39, 0.29) is 12.8 Å². The van der Waals surface area contributed by atoms with Gasteiger partial charge in [-0.1, -0.05) is 0 Å². The average Bonchev–Trinajstić information content (AvgIpc) is 2.35. The maximum absolute atomic E-state index is 11.3. The molecule has 9 nitrogen and oxygen atoms in total. The summed E-state index contributed by atoms with van der Waals surface area (Å²) in [4.78, 5) is 44.3. The Hall–Kier alpha value is -0.760. The second-order valence-corrected chi connectivity index (χ2v) is 5.38. The maximum Gasteiger partial charge on any atom is 0.437 e. The summed E-state index contributed by atoms with van der Waals surface area (Å²) in [6.45, 7) is 0. The first-order chi connectivity index (χ1) is 9.15. The van der Waals surface area contributed by atoms with Gasteiger partial charge in [0.1, 0.15) is 6.04 Å². The van der Waals surface area contributed by atoms with Crippen molar-refractivity contribution in [1.29, 1.82) is 0 Å². The Morgan fingerprint density at radius 3 is 1.85 bits per heavy atom. The van der Waals surface area contributed by atoms with Crippen LogP contribution in [0.3, 0.4) is 0 Å². The van der Waals surface area contributed by atoms with E-state index in [9.17, 15) is 19.2 Å². The summed E-state index contributed by atoms with van der Waals surface area (Å²) in [5, 5.41) is 0. The molecule has 0 rings (SSSR count). The number of nitrogens with zero attached hydrogens (tertiary/aromatic N) is 2. The van der Waals surface area contributed by atoms with Crippen LogP contribution in [0.25, 0.3) is 0 Å². The van der Waals surface area contributed by atoms with Crippen molar-refractivity contribution >= 4 is 75.4 Å². The van der Waals surface area contributed by atoms with Crippen LogP contribution in [-0.2, 0) is 19.1 Å². The summed E-state index contributed by atoms with van der Waals surface area (Å²) < 4.78 is 9.39. The van der Waals surface area contributed by atoms with Crippen LogP contribution in [0.1, 0.15) is 12.8 Å². The molecule has 0 fully saturated rings. The molecule has 0 radical (unpaired) electrons. The predicted octanol–water partition coefficient (Wildman–Crippen LogP) is 0.403. The van der Waals surface area contributed by atoms with E-state index in [4.69, 9.17) is 5.73 Å². The van der Waals surface area contributed by atoms with Crippen molar-refractivity contribution < 1.29 is 28.7 Å². The second kappa shape index (κ2) is 9.23. The maximum atomic E-state index is 11.3. The summed E-state index contributed by atoms with van der Waals surface area (Å²) in [6.07, 6.45) is -2.79. The minimum Gasteiger partial charge on any atom is -0.375 e. The molecule has 114 valence electrons.